The zero-order valence-electron chi connectivity index (χ0n) is 10.1. The third kappa shape index (κ3) is 2.59. The second kappa shape index (κ2) is 4.91. The van der Waals surface area contributed by atoms with Crippen LogP contribution in [0.1, 0.15) is 23.2 Å². The van der Waals surface area contributed by atoms with Gasteiger partial charge in [-0.1, -0.05) is 0 Å². The molecule has 94 valence electrons. The number of carbonyl (C=O) groups excluding carboxylic acids is 1. The molecule has 1 unspecified atom stereocenters. The summed E-state index contributed by atoms with van der Waals surface area (Å²) < 4.78 is 1.39. The molecule has 1 heterocycles. The van der Waals surface area contributed by atoms with Crippen molar-refractivity contribution < 1.29 is 14.6 Å². The highest BCUT2D eigenvalue weighted by atomic mass is 16.6. The average Bonchev–Trinajstić information content (AvgIpc) is 2.56. The fourth-order valence-electron chi connectivity index (χ4n) is 1.49. The third-order valence-electron chi connectivity index (χ3n) is 2.66. The number of primary amides is 1. The predicted molar refractivity (Wildman–Crippen MR) is 59.5 cm³/mol. The Morgan fingerprint density at radius 1 is 1.65 bits per heavy atom. The maximum absolute atomic E-state index is 11.1. The van der Waals surface area contributed by atoms with Gasteiger partial charge in [0.25, 0.3) is 0 Å². The molecule has 17 heavy (non-hydrogen) atoms. The molecule has 1 amide bonds. The molecule has 1 rings (SSSR count). The van der Waals surface area contributed by atoms with Gasteiger partial charge in [0.05, 0.1) is 13.6 Å². The SMILES string of the molecule is CC[NH+](C)Cc1c([N+](=O)[O-])nc(C(N)=O)n1C. The lowest BCUT2D eigenvalue weighted by Crippen LogP contribution is -3.07. The second-order valence-electron chi connectivity index (χ2n) is 3.87. The van der Waals surface area contributed by atoms with Crippen molar-refractivity contribution in [2.45, 2.75) is 13.5 Å². The molecule has 8 heteroatoms. The summed E-state index contributed by atoms with van der Waals surface area (Å²) in [5, 5.41) is 10.8. The predicted octanol–water partition coefficient (Wildman–Crippen LogP) is -1.54. The maximum Gasteiger partial charge on any atom is 0.391 e. The van der Waals surface area contributed by atoms with E-state index in [1.165, 1.54) is 4.57 Å². The van der Waals surface area contributed by atoms with Gasteiger partial charge in [-0.2, -0.15) is 0 Å². The van der Waals surface area contributed by atoms with Gasteiger partial charge in [-0.3, -0.25) is 9.36 Å². The van der Waals surface area contributed by atoms with Crippen LogP contribution in [0.15, 0.2) is 0 Å². The number of nitrogens with zero attached hydrogens (tertiary/aromatic N) is 3. The fraction of sp³-hybridized carbons (Fsp3) is 0.556. The number of quaternary nitrogens is 1. The molecule has 0 aromatic carbocycles. The fourth-order valence-corrected chi connectivity index (χ4v) is 1.49. The van der Waals surface area contributed by atoms with Gasteiger partial charge in [0.15, 0.2) is 5.69 Å². The Balaban J connectivity index is 3.25. The van der Waals surface area contributed by atoms with E-state index in [2.05, 4.69) is 4.98 Å². The number of nitro groups is 1. The third-order valence-corrected chi connectivity index (χ3v) is 2.66. The van der Waals surface area contributed by atoms with Gasteiger partial charge in [-0.25, -0.2) is 0 Å². The summed E-state index contributed by atoms with van der Waals surface area (Å²) in [7, 11) is 3.46. The average molecular weight is 242 g/mol. The van der Waals surface area contributed by atoms with Crippen LogP contribution in [0, 0.1) is 10.1 Å². The monoisotopic (exact) mass is 242 g/mol. The van der Waals surface area contributed by atoms with Crippen LogP contribution in [-0.4, -0.2) is 34.0 Å². The van der Waals surface area contributed by atoms with E-state index in [1.54, 1.807) is 7.05 Å². The van der Waals surface area contributed by atoms with Crippen LogP contribution >= 0.6 is 0 Å². The summed E-state index contributed by atoms with van der Waals surface area (Å²) in [6.07, 6.45) is 0. The highest BCUT2D eigenvalue weighted by Gasteiger charge is 2.30. The number of nitrogens with two attached hydrogens (primary N) is 1. The van der Waals surface area contributed by atoms with Crippen molar-refractivity contribution in [2.75, 3.05) is 13.6 Å². The Hall–Kier alpha value is -1.96. The molecular weight excluding hydrogens is 226 g/mol. The number of carbonyl (C=O) groups is 1. The number of aromatic nitrogens is 2. The van der Waals surface area contributed by atoms with Crippen LogP contribution in [0.2, 0.25) is 0 Å². The minimum atomic E-state index is -0.768. The first-order chi connectivity index (χ1) is 7.88. The van der Waals surface area contributed by atoms with E-state index in [0.717, 1.165) is 11.4 Å². The molecule has 8 nitrogen and oxygen atoms in total. The normalized spacial score (nSPS) is 12.4. The van der Waals surface area contributed by atoms with Crippen molar-refractivity contribution in [3.8, 4) is 0 Å². The van der Waals surface area contributed by atoms with Crippen molar-refractivity contribution in [3.05, 3.63) is 21.6 Å². The first-order valence-corrected chi connectivity index (χ1v) is 5.19. The van der Waals surface area contributed by atoms with Crippen LogP contribution in [-0.2, 0) is 13.6 Å². The van der Waals surface area contributed by atoms with Gasteiger partial charge >= 0.3 is 17.5 Å². The first kappa shape index (κ1) is 13.1. The van der Waals surface area contributed by atoms with E-state index >= 15 is 0 Å². The Morgan fingerprint density at radius 3 is 2.65 bits per heavy atom. The lowest BCUT2D eigenvalue weighted by Gasteiger charge is -2.10. The summed E-state index contributed by atoms with van der Waals surface area (Å²) in [6.45, 7) is 3.20. The molecule has 0 fully saturated rings. The van der Waals surface area contributed by atoms with E-state index in [9.17, 15) is 14.9 Å². The summed E-state index contributed by atoms with van der Waals surface area (Å²) in [5.41, 5.74) is 5.51. The molecule has 0 aliphatic carbocycles. The van der Waals surface area contributed by atoms with Gasteiger partial charge in [-0.05, 0) is 16.8 Å². The Labute approximate surface area is 98.2 Å². The summed E-state index contributed by atoms with van der Waals surface area (Å²) >= 11 is 0. The summed E-state index contributed by atoms with van der Waals surface area (Å²) in [6, 6.07) is 0. The maximum atomic E-state index is 11.1. The molecule has 1 aromatic rings. The topological polar surface area (TPSA) is 108 Å². The molecule has 0 radical (unpaired) electrons. The van der Waals surface area contributed by atoms with Crippen molar-refractivity contribution >= 4 is 11.7 Å². The smallest absolute Gasteiger partial charge is 0.361 e. The van der Waals surface area contributed by atoms with Crippen LogP contribution in [0.5, 0.6) is 0 Å². The Morgan fingerprint density at radius 2 is 2.24 bits per heavy atom. The molecule has 3 N–H and O–H groups in total. The molecule has 1 aromatic heterocycles. The first-order valence-electron chi connectivity index (χ1n) is 5.19. The number of imidazole rings is 1. The zero-order valence-corrected chi connectivity index (χ0v) is 10.1. The summed E-state index contributed by atoms with van der Waals surface area (Å²) in [4.78, 5) is 26.1. The van der Waals surface area contributed by atoms with Crippen LogP contribution in [0.4, 0.5) is 5.82 Å². The largest absolute Gasteiger partial charge is 0.391 e. The van der Waals surface area contributed by atoms with Gasteiger partial charge < -0.3 is 20.7 Å². The van der Waals surface area contributed by atoms with Gasteiger partial charge in [-0.15, -0.1) is 0 Å². The van der Waals surface area contributed by atoms with E-state index in [-0.39, 0.29) is 11.6 Å². The number of amides is 1. The van der Waals surface area contributed by atoms with E-state index < -0.39 is 10.8 Å². The van der Waals surface area contributed by atoms with E-state index in [0.29, 0.717) is 12.2 Å². The molecule has 0 aliphatic heterocycles. The second-order valence-corrected chi connectivity index (χ2v) is 3.87. The molecule has 0 saturated carbocycles. The van der Waals surface area contributed by atoms with Crippen LogP contribution in [0.25, 0.3) is 0 Å². The van der Waals surface area contributed by atoms with Crippen LogP contribution < -0.4 is 10.6 Å². The number of rotatable bonds is 5. The minimum absolute atomic E-state index is 0.0874. The standard InChI is InChI=1S/C9H15N5O3/c1-4-12(2)5-6-8(14(16)17)11-9(7(10)15)13(6)3/h4-5H2,1-3H3,(H2,10,15)/p+1. The number of hydrogen-bond donors (Lipinski definition) is 2. The van der Waals surface area contributed by atoms with Crippen molar-refractivity contribution in [3.63, 3.8) is 0 Å². The van der Waals surface area contributed by atoms with Crippen molar-refractivity contribution in [2.24, 2.45) is 12.8 Å². The van der Waals surface area contributed by atoms with E-state index in [1.807, 2.05) is 14.0 Å². The zero-order chi connectivity index (χ0) is 13.2. The molecule has 0 spiro atoms. The van der Waals surface area contributed by atoms with Crippen LogP contribution in [0.3, 0.4) is 0 Å². The molecule has 0 saturated heterocycles. The van der Waals surface area contributed by atoms with Crippen molar-refractivity contribution in [1.29, 1.82) is 0 Å². The molecular formula is C9H16N5O3+. The quantitative estimate of drug-likeness (QED) is 0.482. The highest BCUT2D eigenvalue weighted by molar-refractivity contribution is 5.89. The van der Waals surface area contributed by atoms with Gasteiger partial charge in [0, 0.05) is 7.05 Å². The summed E-state index contributed by atoms with van der Waals surface area (Å²) in [5.74, 6) is -1.15. The molecule has 0 bridgehead atoms. The lowest BCUT2D eigenvalue weighted by molar-refractivity contribution is -0.892. The molecule has 0 aliphatic rings. The van der Waals surface area contributed by atoms with Gasteiger partial charge in [0.2, 0.25) is 0 Å². The Bertz CT molecular complexity index is 454. The van der Waals surface area contributed by atoms with E-state index in [4.69, 9.17) is 5.73 Å². The number of nitrogens with one attached hydrogen (secondary N) is 1. The molecule has 1 atom stereocenters. The van der Waals surface area contributed by atoms with Gasteiger partial charge in [0.1, 0.15) is 6.54 Å². The highest BCUT2D eigenvalue weighted by Crippen LogP contribution is 2.17. The lowest BCUT2D eigenvalue weighted by atomic mass is 10.4. The van der Waals surface area contributed by atoms with Crippen molar-refractivity contribution in [1.82, 2.24) is 9.55 Å². The Kier molecular flexibility index (Phi) is 3.79. The minimum Gasteiger partial charge on any atom is -0.361 e. The number of hydrogen-bond acceptors (Lipinski definition) is 4.